The normalized spacial score (nSPS) is 12.4. The first-order chi connectivity index (χ1) is 14.0. The third-order valence-electron chi connectivity index (χ3n) is 4.96. The van der Waals surface area contributed by atoms with E-state index in [4.69, 9.17) is 0 Å². The fourth-order valence-corrected chi connectivity index (χ4v) is 3.83. The number of nitrogens with zero attached hydrogens (tertiary/aromatic N) is 1. The molecule has 0 radical (unpaired) electrons. The molecular formula is C26H36N2O2. The van der Waals surface area contributed by atoms with Crippen molar-refractivity contribution in [3.05, 3.63) is 70.3 Å². The van der Waals surface area contributed by atoms with Crippen LogP contribution in [0.4, 0.5) is 0 Å². The molecule has 2 aromatic rings. The van der Waals surface area contributed by atoms with Gasteiger partial charge in [0.25, 0.3) is 0 Å². The minimum Gasteiger partial charge on any atom is -0.350 e. The zero-order valence-corrected chi connectivity index (χ0v) is 19.5. The molecule has 0 unspecified atom stereocenters. The predicted molar refractivity (Wildman–Crippen MR) is 123 cm³/mol. The Morgan fingerprint density at radius 2 is 1.53 bits per heavy atom. The number of benzene rings is 2. The van der Waals surface area contributed by atoms with E-state index >= 15 is 0 Å². The van der Waals surface area contributed by atoms with Crippen LogP contribution in [0.5, 0.6) is 0 Å². The Bertz CT molecular complexity index is 876. The zero-order chi connectivity index (χ0) is 22.5. The van der Waals surface area contributed by atoms with Crippen LogP contribution in [-0.4, -0.2) is 28.3 Å². The summed E-state index contributed by atoms with van der Waals surface area (Å²) in [6.07, 6.45) is 0.847. The van der Waals surface area contributed by atoms with Gasteiger partial charge in [-0.25, -0.2) is 0 Å². The van der Waals surface area contributed by atoms with Gasteiger partial charge in [-0.2, -0.15) is 0 Å². The molecule has 0 bridgehead atoms. The van der Waals surface area contributed by atoms with Gasteiger partial charge in [-0.1, -0.05) is 66.1 Å². The second kappa shape index (κ2) is 9.92. The minimum atomic E-state index is -0.511. The summed E-state index contributed by atoms with van der Waals surface area (Å²) in [6, 6.07) is 13.8. The van der Waals surface area contributed by atoms with Crippen molar-refractivity contribution in [1.82, 2.24) is 10.2 Å². The lowest BCUT2D eigenvalue weighted by molar-refractivity contribution is -0.141. The fraction of sp³-hybridized carbons (Fsp3) is 0.462. The Labute approximate surface area is 181 Å². The molecule has 0 aliphatic carbocycles. The van der Waals surface area contributed by atoms with Gasteiger partial charge in [0.2, 0.25) is 11.8 Å². The highest BCUT2D eigenvalue weighted by molar-refractivity contribution is 5.88. The highest BCUT2D eigenvalue weighted by Gasteiger charge is 2.30. The van der Waals surface area contributed by atoms with Gasteiger partial charge in [0.1, 0.15) is 6.04 Å². The smallest absolute Gasteiger partial charge is 0.243 e. The largest absolute Gasteiger partial charge is 0.350 e. The van der Waals surface area contributed by atoms with E-state index in [-0.39, 0.29) is 23.8 Å². The summed E-state index contributed by atoms with van der Waals surface area (Å²) in [5.41, 5.74) is 5.09. The van der Waals surface area contributed by atoms with Crippen molar-refractivity contribution in [3.63, 3.8) is 0 Å². The van der Waals surface area contributed by atoms with E-state index in [1.165, 1.54) is 0 Å². The molecule has 30 heavy (non-hydrogen) atoms. The molecule has 0 heterocycles. The summed E-state index contributed by atoms with van der Waals surface area (Å²) in [7, 11) is 0. The van der Waals surface area contributed by atoms with Crippen molar-refractivity contribution in [3.8, 4) is 0 Å². The maximum absolute atomic E-state index is 13.4. The molecular weight excluding hydrogens is 372 g/mol. The van der Waals surface area contributed by atoms with Crippen LogP contribution in [0.15, 0.2) is 42.5 Å². The van der Waals surface area contributed by atoms with Crippen LogP contribution in [0.25, 0.3) is 0 Å². The second-order valence-corrected chi connectivity index (χ2v) is 9.35. The van der Waals surface area contributed by atoms with Crippen molar-refractivity contribution < 1.29 is 9.59 Å². The lowest BCUT2D eigenvalue weighted by Gasteiger charge is -2.33. The lowest BCUT2D eigenvalue weighted by Crippen LogP contribution is -2.53. The molecule has 1 N–H and O–H groups in total. The third kappa shape index (κ3) is 7.01. The van der Waals surface area contributed by atoms with Crippen LogP contribution in [0.3, 0.4) is 0 Å². The molecule has 162 valence electrons. The second-order valence-electron chi connectivity index (χ2n) is 9.35. The SMILES string of the molecule is CC[C@H](C(=O)NC(C)(C)C)N(Cc1cccc(C)c1)C(=O)Cc1cc(C)cc(C)c1. The average molecular weight is 409 g/mol. The van der Waals surface area contributed by atoms with Crippen molar-refractivity contribution in [1.29, 1.82) is 0 Å². The molecule has 1 atom stereocenters. The summed E-state index contributed by atoms with van der Waals surface area (Å²) in [5.74, 6) is -0.135. The first-order valence-electron chi connectivity index (χ1n) is 10.7. The van der Waals surface area contributed by atoms with Crippen LogP contribution in [-0.2, 0) is 22.6 Å². The Morgan fingerprint density at radius 1 is 0.933 bits per heavy atom. The number of hydrogen-bond acceptors (Lipinski definition) is 2. The van der Waals surface area contributed by atoms with Gasteiger partial charge in [-0.05, 0) is 59.1 Å². The average Bonchev–Trinajstić information content (AvgIpc) is 2.59. The van der Waals surface area contributed by atoms with Crippen LogP contribution in [0, 0.1) is 20.8 Å². The van der Waals surface area contributed by atoms with Crippen LogP contribution in [0.2, 0.25) is 0 Å². The summed E-state index contributed by atoms with van der Waals surface area (Å²) in [6.45, 7) is 14.4. The summed E-state index contributed by atoms with van der Waals surface area (Å²) in [4.78, 5) is 28.2. The topological polar surface area (TPSA) is 49.4 Å². The van der Waals surface area contributed by atoms with Crippen molar-refractivity contribution in [2.75, 3.05) is 0 Å². The maximum atomic E-state index is 13.4. The van der Waals surface area contributed by atoms with Crippen LogP contribution >= 0.6 is 0 Å². The number of aryl methyl sites for hydroxylation is 3. The molecule has 2 rings (SSSR count). The maximum Gasteiger partial charge on any atom is 0.243 e. The zero-order valence-electron chi connectivity index (χ0n) is 19.5. The van der Waals surface area contributed by atoms with Gasteiger partial charge in [0.05, 0.1) is 6.42 Å². The first kappa shape index (κ1) is 23.7. The number of rotatable bonds is 7. The van der Waals surface area contributed by atoms with Gasteiger partial charge >= 0.3 is 0 Å². The highest BCUT2D eigenvalue weighted by atomic mass is 16.2. The Hall–Kier alpha value is -2.62. The lowest BCUT2D eigenvalue weighted by atomic mass is 10.0. The van der Waals surface area contributed by atoms with Gasteiger partial charge in [-0.3, -0.25) is 9.59 Å². The molecule has 0 saturated carbocycles. The highest BCUT2D eigenvalue weighted by Crippen LogP contribution is 2.18. The van der Waals surface area contributed by atoms with E-state index in [1.807, 2.05) is 78.8 Å². The van der Waals surface area contributed by atoms with Gasteiger partial charge < -0.3 is 10.2 Å². The molecule has 2 aromatic carbocycles. The van der Waals surface area contributed by atoms with E-state index in [2.05, 4.69) is 17.4 Å². The van der Waals surface area contributed by atoms with Gasteiger partial charge in [-0.15, -0.1) is 0 Å². The van der Waals surface area contributed by atoms with E-state index in [1.54, 1.807) is 4.90 Å². The molecule has 0 saturated heterocycles. The molecule has 0 aliphatic heterocycles. The molecule has 0 fully saturated rings. The Morgan fingerprint density at radius 3 is 2.07 bits per heavy atom. The fourth-order valence-electron chi connectivity index (χ4n) is 3.83. The van der Waals surface area contributed by atoms with Crippen molar-refractivity contribution >= 4 is 11.8 Å². The Balaban J connectivity index is 2.35. The summed E-state index contributed by atoms with van der Waals surface area (Å²) >= 11 is 0. The first-order valence-corrected chi connectivity index (χ1v) is 10.7. The van der Waals surface area contributed by atoms with Crippen molar-refractivity contribution in [2.24, 2.45) is 0 Å². The van der Waals surface area contributed by atoms with E-state index < -0.39 is 6.04 Å². The standard InChI is InChI=1S/C26H36N2O2/c1-8-23(25(30)27-26(5,6)7)28(17-21-11-9-10-18(2)13-21)24(29)16-22-14-19(3)12-20(4)15-22/h9-15,23H,8,16-17H2,1-7H3,(H,27,30)/t23-/m1/s1. The van der Waals surface area contributed by atoms with E-state index in [0.717, 1.165) is 27.8 Å². The molecule has 4 heteroatoms. The van der Waals surface area contributed by atoms with Crippen molar-refractivity contribution in [2.45, 2.75) is 79.4 Å². The predicted octanol–water partition coefficient (Wildman–Crippen LogP) is 4.88. The number of carbonyl (C=O) groups is 2. The molecule has 0 aliphatic rings. The van der Waals surface area contributed by atoms with Gasteiger partial charge in [0.15, 0.2) is 0 Å². The molecule has 4 nitrogen and oxygen atoms in total. The third-order valence-corrected chi connectivity index (χ3v) is 4.96. The van der Waals surface area contributed by atoms with E-state index in [9.17, 15) is 9.59 Å². The van der Waals surface area contributed by atoms with E-state index in [0.29, 0.717) is 13.0 Å². The molecule has 2 amide bonds. The van der Waals surface area contributed by atoms with Crippen LogP contribution in [0.1, 0.15) is 61.9 Å². The number of amides is 2. The summed E-state index contributed by atoms with van der Waals surface area (Å²) in [5, 5.41) is 3.05. The molecule has 0 aromatic heterocycles. The molecule has 0 spiro atoms. The number of carbonyl (C=O) groups excluding carboxylic acids is 2. The Kier molecular flexibility index (Phi) is 7.83. The number of nitrogens with one attached hydrogen (secondary N) is 1. The number of hydrogen-bond donors (Lipinski definition) is 1. The quantitative estimate of drug-likeness (QED) is 0.710. The van der Waals surface area contributed by atoms with Crippen LogP contribution < -0.4 is 5.32 Å². The minimum absolute atomic E-state index is 0.0302. The monoisotopic (exact) mass is 408 g/mol. The van der Waals surface area contributed by atoms with Gasteiger partial charge in [0, 0.05) is 12.1 Å². The summed E-state index contributed by atoms with van der Waals surface area (Å²) < 4.78 is 0.